The van der Waals surface area contributed by atoms with Gasteiger partial charge < -0.3 is 4.74 Å². The zero-order chi connectivity index (χ0) is 18.1. The Morgan fingerprint density at radius 1 is 0.667 bits per heavy atom. The number of hydrogen-bond acceptors (Lipinski definition) is 3. The number of nitrogens with zero attached hydrogens (tertiary/aromatic N) is 2. The Kier molecular flexibility index (Phi) is 3.91. The molecular weight excluding hydrogens is 332 g/mol. The van der Waals surface area contributed by atoms with Gasteiger partial charge in [0.1, 0.15) is 11.7 Å². The van der Waals surface area contributed by atoms with E-state index in [2.05, 4.69) is 41.4 Å². The van der Waals surface area contributed by atoms with Crippen molar-refractivity contribution in [1.29, 1.82) is 0 Å². The van der Waals surface area contributed by atoms with Gasteiger partial charge in [-0.25, -0.2) is 4.99 Å². The lowest BCUT2D eigenvalue weighted by Crippen LogP contribution is -2.10. The molecular formula is C24H18N2O. The molecule has 1 aromatic heterocycles. The first kappa shape index (κ1) is 15.8. The van der Waals surface area contributed by atoms with E-state index in [1.165, 1.54) is 0 Å². The summed E-state index contributed by atoms with van der Waals surface area (Å²) in [4.78, 5) is 9.56. The number of hydrogen-bond donors (Lipinski definition) is 0. The SMILES string of the molecule is c1ccc([C@H]2OC(c3nccc4ccccc34)=N[C@H]2c2ccccc2)cc1. The summed E-state index contributed by atoms with van der Waals surface area (Å²) >= 11 is 0. The molecule has 0 fully saturated rings. The second-order valence-electron chi connectivity index (χ2n) is 6.62. The van der Waals surface area contributed by atoms with Crippen LogP contribution in [-0.2, 0) is 4.74 Å². The van der Waals surface area contributed by atoms with Gasteiger partial charge in [-0.05, 0) is 22.6 Å². The van der Waals surface area contributed by atoms with E-state index in [9.17, 15) is 0 Å². The number of ether oxygens (including phenoxy) is 1. The quantitative estimate of drug-likeness (QED) is 0.489. The van der Waals surface area contributed by atoms with Crippen molar-refractivity contribution >= 4 is 16.7 Å². The molecule has 0 unspecified atom stereocenters. The minimum atomic E-state index is -0.163. The number of aliphatic imine (C=N–C) groups is 1. The minimum absolute atomic E-state index is 0.0932. The first-order valence-electron chi connectivity index (χ1n) is 9.08. The number of aromatic nitrogens is 1. The van der Waals surface area contributed by atoms with Crippen molar-refractivity contribution < 1.29 is 4.74 Å². The fourth-order valence-corrected chi connectivity index (χ4v) is 3.61. The van der Waals surface area contributed by atoms with Gasteiger partial charge in [-0.3, -0.25) is 4.98 Å². The largest absolute Gasteiger partial charge is 0.465 e. The van der Waals surface area contributed by atoms with Crippen LogP contribution in [0.2, 0.25) is 0 Å². The third-order valence-electron chi connectivity index (χ3n) is 4.93. The summed E-state index contributed by atoms with van der Waals surface area (Å²) in [6.07, 6.45) is 1.65. The van der Waals surface area contributed by atoms with Crippen LogP contribution >= 0.6 is 0 Å². The maximum absolute atomic E-state index is 6.40. The van der Waals surface area contributed by atoms with E-state index in [-0.39, 0.29) is 12.1 Å². The lowest BCUT2D eigenvalue weighted by molar-refractivity contribution is 0.197. The molecule has 1 aliphatic rings. The molecule has 5 rings (SSSR count). The van der Waals surface area contributed by atoms with E-state index in [4.69, 9.17) is 9.73 Å². The Morgan fingerprint density at radius 2 is 1.33 bits per heavy atom. The smallest absolute Gasteiger partial charge is 0.237 e. The molecule has 3 aromatic carbocycles. The summed E-state index contributed by atoms with van der Waals surface area (Å²) in [5.74, 6) is 0.606. The maximum Gasteiger partial charge on any atom is 0.237 e. The van der Waals surface area contributed by atoms with Gasteiger partial charge in [0.05, 0.1) is 0 Å². The summed E-state index contributed by atoms with van der Waals surface area (Å²) in [6, 6.07) is 30.7. The average Bonchev–Trinajstić information content (AvgIpc) is 3.20. The molecule has 2 atom stereocenters. The van der Waals surface area contributed by atoms with Gasteiger partial charge in [-0.2, -0.15) is 0 Å². The van der Waals surface area contributed by atoms with Crippen LogP contribution in [0.25, 0.3) is 10.8 Å². The van der Waals surface area contributed by atoms with E-state index in [1.54, 1.807) is 0 Å². The van der Waals surface area contributed by atoms with E-state index >= 15 is 0 Å². The van der Waals surface area contributed by atoms with E-state index in [1.807, 2.05) is 60.8 Å². The highest BCUT2D eigenvalue weighted by Crippen LogP contribution is 2.41. The van der Waals surface area contributed by atoms with Crippen LogP contribution in [0.5, 0.6) is 0 Å². The Hall–Kier alpha value is -3.46. The first-order chi connectivity index (χ1) is 13.4. The zero-order valence-corrected chi connectivity index (χ0v) is 14.7. The van der Waals surface area contributed by atoms with E-state index < -0.39 is 0 Å². The second-order valence-corrected chi connectivity index (χ2v) is 6.62. The second kappa shape index (κ2) is 6.69. The molecule has 3 heteroatoms. The normalized spacial score (nSPS) is 18.9. The molecule has 2 heterocycles. The molecule has 0 amide bonds. The van der Waals surface area contributed by atoms with Gasteiger partial charge in [0, 0.05) is 11.6 Å². The van der Waals surface area contributed by atoms with Crippen LogP contribution in [0.1, 0.15) is 29.0 Å². The third-order valence-corrected chi connectivity index (χ3v) is 4.93. The molecule has 0 aliphatic carbocycles. The van der Waals surface area contributed by atoms with Crippen molar-refractivity contribution in [2.24, 2.45) is 4.99 Å². The predicted molar refractivity (Wildman–Crippen MR) is 108 cm³/mol. The third kappa shape index (κ3) is 2.87. The number of benzene rings is 3. The van der Waals surface area contributed by atoms with Crippen molar-refractivity contribution in [1.82, 2.24) is 4.98 Å². The fourth-order valence-electron chi connectivity index (χ4n) is 3.61. The molecule has 0 saturated heterocycles. The number of pyridine rings is 1. The van der Waals surface area contributed by atoms with Gasteiger partial charge in [0.25, 0.3) is 0 Å². The summed E-state index contributed by atoms with van der Waals surface area (Å²) in [7, 11) is 0. The lowest BCUT2D eigenvalue weighted by atomic mass is 9.97. The summed E-state index contributed by atoms with van der Waals surface area (Å²) in [5.41, 5.74) is 3.05. The van der Waals surface area contributed by atoms with Crippen molar-refractivity contribution in [3.8, 4) is 0 Å². The van der Waals surface area contributed by atoms with Crippen LogP contribution in [0.4, 0.5) is 0 Å². The van der Waals surface area contributed by atoms with Gasteiger partial charge >= 0.3 is 0 Å². The van der Waals surface area contributed by atoms with Crippen LogP contribution in [0.3, 0.4) is 0 Å². The predicted octanol–water partition coefficient (Wildman–Crippen LogP) is 5.49. The summed E-state index contributed by atoms with van der Waals surface area (Å²) < 4.78 is 6.40. The minimum Gasteiger partial charge on any atom is -0.465 e. The van der Waals surface area contributed by atoms with Gasteiger partial charge in [0.15, 0.2) is 6.10 Å². The van der Waals surface area contributed by atoms with Crippen molar-refractivity contribution in [2.45, 2.75) is 12.1 Å². The molecule has 130 valence electrons. The lowest BCUT2D eigenvalue weighted by Gasteiger charge is -2.18. The molecule has 4 aromatic rings. The summed E-state index contributed by atoms with van der Waals surface area (Å²) in [6.45, 7) is 0. The Bertz CT molecular complexity index is 1100. The molecule has 27 heavy (non-hydrogen) atoms. The van der Waals surface area contributed by atoms with Crippen LogP contribution < -0.4 is 0 Å². The topological polar surface area (TPSA) is 34.5 Å². The van der Waals surface area contributed by atoms with Crippen LogP contribution in [-0.4, -0.2) is 10.9 Å². The van der Waals surface area contributed by atoms with Gasteiger partial charge in [-0.1, -0.05) is 84.9 Å². The van der Waals surface area contributed by atoms with Crippen LogP contribution in [0.15, 0.2) is 102 Å². The van der Waals surface area contributed by atoms with Gasteiger partial charge in [-0.15, -0.1) is 0 Å². The highest BCUT2D eigenvalue weighted by Gasteiger charge is 2.34. The summed E-state index contributed by atoms with van der Waals surface area (Å²) in [5, 5.41) is 2.19. The highest BCUT2D eigenvalue weighted by atomic mass is 16.5. The van der Waals surface area contributed by atoms with Crippen molar-refractivity contribution in [3.05, 3.63) is 114 Å². The molecule has 3 nitrogen and oxygen atoms in total. The number of fused-ring (bicyclic) bond motifs is 1. The van der Waals surface area contributed by atoms with E-state index in [0.717, 1.165) is 27.6 Å². The molecule has 0 radical (unpaired) electrons. The zero-order valence-electron chi connectivity index (χ0n) is 14.7. The molecule has 0 saturated carbocycles. The molecule has 0 spiro atoms. The molecule has 0 N–H and O–H groups in total. The number of rotatable bonds is 3. The Morgan fingerprint density at radius 3 is 2.11 bits per heavy atom. The highest BCUT2D eigenvalue weighted by molar-refractivity contribution is 6.05. The maximum atomic E-state index is 6.40. The molecule has 1 aliphatic heterocycles. The van der Waals surface area contributed by atoms with Crippen molar-refractivity contribution in [3.63, 3.8) is 0 Å². The van der Waals surface area contributed by atoms with E-state index in [0.29, 0.717) is 5.90 Å². The molecule has 0 bridgehead atoms. The fraction of sp³-hybridized carbons (Fsp3) is 0.0833. The standard InChI is InChI=1S/C24H18N2O/c1-3-10-18(11-4-1)21-23(19-12-5-2-6-13-19)27-24(26-21)22-20-14-8-7-9-17(20)15-16-25-22/h1-16,21,23H/t21-,23+/m0/s1. The first-order valence-corrected chi connectivity index (χ1v) is 9.08. The monoisotopic (exact) mass is 350 g/mol. The Balaban J connectivity index is 1.63. The van der Waals surface area contributed by atoms with Crippen LogP contribution in [0, 0.1) is 0 Å². The van der Waals surface area contributed by atoms with Crippen molar-refractivity contribution in [2.75, 3.05) is 0 Å². The Labute approximate surface area is 158 Å². The average molecular weight is 350 g/mol. The van der Waals surface area contributed by atoms with Gasteiger partial charge in [0.2, 0.25) is 5.90 Å².